The van der Waals surface area contributed by atoms with E-state index in [1.165, 1.54) is 0 Å². The van der Waals surface area contributed by atoms with Crippen LogP contribution in [0.4, 0.5) is 0 Å². The molecule has 5 nitrogen and oxygen atoms in total. The number of morpholine rings is 1. The van der Waals surface area contributed by atoms with Gasteiger partial charge >= 0.3 is 0 Å². The number of hydrogen-bond acceptors (Lipinski definition) is 4. The van der Waals surface area contributed by atoms with E-state index in [2.05, 4.69) is 16.3 Å². The lowest BCUT2D eigenvalue weighted by atomic mass is 10.1. The highest BCUT2D eigenvalue weighted by atomic mass is 16.5. The Bertz CT molecular complexity index is 473. The van der Waals surface area contributed by atoms with Gasteiger partial charge in [-0.15, -0.1) is 0 Å². The highest BCUT2D eigenvalue weighted by Gasteiger charge is 2.13. The number of carbonyl (C=O) groups excluding carboxylic acids is 1. The Morgan fingerprint density at radius 2 is 2.18 bits per heavy atom. The number of carbonyl (C=O) groups is 1. The summed E-state index contributed by atoms with van der Waals surface area (Å²) in [5.74, 6) is -0.0470. The zero-order valence-electron chi connectivity index (χ0n) is 13.3. The van der Waals surface area contributed by atoms with Crippen LogP contribution in [0.15, 0.2) is 24.3 Å². The maximum atomic E-state index is 12.3. The highest BCUT2D eigenvalue weighted by Crippen LogP contribution is 2.10. The Morgan fingerprint density at radius 3 is 2.91 bits per heavy atom. The van der Waals surface area contributed by atoms with E-state index in [9.17, 15) is 4.79 Å². The minimum Gasteiger partial charge on any atom is -0.396 e. The summed E-state index contributed by atoms with van der Waals surface area (Å²) < 4.78 is 5.35. The summed E-state index contributed by atoms with van der Waals surface area (Å²) in [6.45, 7) is 6.42. The zero-order chi connectivity index (χ0) is 15.8. The Morgan fingerprint density at radius 1 is 1.41 bits per heavy atom. The van der Waals surface area contributed by atoms with Crippen molar-refractivity contribution in [3.05, 3.63) is 35.4 Å². The molecule has 1 saturated heterocycles. The Labute approximate surface area is 132 Å². The predicted molar refractivity (Wildman–Crippen MR) is 85.8 cm³/mol. The van der Waals surface area contributed by atoms with Crippen LogP contribution in [0, 0.1) is 0 Å². The van der Waals surface area contributed by atoms with E-state index in [1.54, 1.807) is 0 Å². The quantitative estimate of drug-likeness (QED) is 0.799. The Kier molecular flexibility index (Phi) is 6.83. The molecule has 1 unspecified atom stereocenters. The molecular weight excluding hydrogens is 280 g/mol. The van der Waals surface area contributed by atoms with Crippen molar-refractivity contribution in [1.29, 1.82) is 0 Å². The van der Waals surface area contributed by atoms with Crippen LogP contribution < -0.4 is 5.32 Å². The fraction of sp³-hybridized carbons (Fsp3) is 0.588. The summed E-state index contributed by atoms with van der Waals surface area (Å²) in [6.07, 6.45) is 1.49. The number of hydrogen-bond donors (Lipinski definition) is 2. The number of aliphatic hydroxyl groups is 1. The fourth-order valence-corrected chi connectivity index (χ4v) is 2.61. The molecule has 1 aliphatic heterocycles. The summed E-state index contributed by atoms with van der Waals surface area (Å²) in [4.78, 5) is 14.6. The summed E-state index contributed by atoms with van der Waals surface area (Å²) in [5.41, 5.74) is 1.85. The molecule has 1 heterocycles. The lowest BCUT2D eigenvalue weighted by Gasteiger charge is -2.26. The first-order valence-corrected chi connectivity index (χ1v) is 8.00. The monoisotopic (exact) mass is 306 g/mol. The van der Waals surface area contributed by atoms with Gasteiger partial charge in [-0.05, 0) is 37.5 Å². The van der Waals surface area contributed by atoms with Gasteiger partial charge in [0.2, 0.25) is 0 Å². The van der Waals surface area contributed by atoms with Crippen LogP contribution >= 0.6 is 0 Å². The number of nitrogens with one attached hydrogen (secondary N) is 1. The van der Waals surface area contributed by atoms with Gasteiger partial charge in [0, 0.05) is 37.8 Å². The first-order chi connectivity index (χ1) is 10.7. The van der Waals surface area contributed by atoms with Gasteiger partial charge in [0.05, 0.1) is 13.2 Å². The van der Waals surface area contributed by atoms with Crippen molar-refractivity contribution in [2.24, 2.45) is 0 Å². The minimum absolute atomic E-state index is 0.0470. The number of rotatable bonds is 7. The van der Waals surface area contributed by atoms with E-state index >= 15 is 0 Å². The molecule has 1 aromatic carbocycles. The van der Waals surface area contributed by atoms with Crippen LogP contribution in [0.3, 0.4) is 0 Å². The third kappa shape index (κ3) is 5.40. The fourth-order valence-electron chi connectivity index (χ4n) is 2.61. The van der Waals surface area contributed by atoms with Crippen molar-refractivity contribution in [1.82, 2.24) is 10.2 Å². The summed E-state index contributed by atoms with van der Waals surface area (Å²) in [5, 5.41) is 11.8. The van der Waals surface area contributed by atoms with Crippen LogP contribution in [0.5, 0.6) is 0 Å². The average Bonchev–Trinajstić information content (AvgIpc) is 2.54. The topological polar surface area (TPSA) is 61.8 Å². The third-order valence-corrected chi connectivity index (χ3v) is 3.87. The van der Waals surface area contributed by atoms with Gasteiger partial charge in [0.25, 0.3) is 5.91 Å². The van der Waals surface area contributed by atoms with Gasteiger partial charge in [-0.3, -0.25) is 9.69 Å². The molecule has 22 heavy (non-hydrogen) atoms. The largest absolute Gasteiger partial charge is 0.396 e. The second-order valence-electron chi connectivity index (χ2n) is 5.83. The average molecular weight is 306 g/mol. The second kappa shape index (κ2) is 8.88. The molecule has 0 aliphatic carbocycles. The maximum Gasteiger partial charge on any atom is 0.251 e. The smallest absolute Gasteiger partial charge is 0.251 e. The summed E-state index contributed by atoms with van der Waals surface area (Å²) in [6, 6.07) is 7.87. The number of aliphatic hydroxyl groups excluding tert-OH is 1. The molecule has 1 amide bonds. The molecular formula is C17H26N2O3. The van der Waals surface area contributed by atoms with Gasteiger partial charge in [-0.2, -0.15) is 0 Å². The zero-order valence-corrected chi connectivity index (χ0v) is 13.3. The normalized spacial score (nSPS) is 17.2. The third-order valence-electron chi connectivity index (χ3n) is 3.87. The number of benzene rings is 1. The van der Waals surface area contributed by atoms with E-state index < -0.39 is 0 Å². The van der Waals surface area contributed by atoms with E-state index in [1.807, 2.05) is 25.1 Å². The minimum atomic E-state index is -0.0470. The lowest BCUT2D eigenvalue weighted by molar-refractivity contribution is 0.0342. The van der Waals surface area contributed by atoms with E-state index in [4.69, 9.17) is 9.84 Å². The van der Waals surface area contributed by atoms with Crippen molar-refractivity contribution < 1.29 is 14.6 Å². The van der Waals surface area contributed by atoms with Crippen LogP contribution in [0.2, 0.25) is 0 Å². The molecule has 1 fully saturated rings. The van der Waals surface area contributed by atoms with Gasteiger partial charge in [-0.25, -0.2) is 0 Å². The molecule has 0 spiro atoms. The van der Waals surface area contributed by atoms with Gasteiger partial charge < -0.3 is 15.2 Å². The summed E-state index contributed by atoms with van der Waals surface area (Å²) in [7, 11) is 0. The van der Waals surface area contributed by atoms with Crippen molar-refractivity contribution in [3.8, 4) is 0 Å². The van der Waals surface area contributed by atoms with Crippen molar-refractivity contribution in [2.45, 2.75) is 32.4 Å². The van der Waals surface area contributed by atoms with Crippen molar-refractivity contribution >= 4 is 5.91 Å². The first-order valence-electron chi connectivity index (χ1n) is 8.00. The number of ether oxygens (including phenoxy) is 1. The van der Waals surface area contributed by atoms with E-state index in [0.29, 0.717) is 12.0 Å². The van der Waals surface area contributed by atoms with Crippen LogP contribution in [0.25, 0.3) is 0 Å². The Balaban J connectivity index is 1.90. The molecule has 2 N–H and O–H groups in total. The van der Waals surface area contributed by atoms with E-state index in [-0.39, 0.29) is 18.6 Å². The maximum absolute atomic E-state index is 12.3. The standard InChI is InChI=1S/C17H26N2O3/c1-14(4-3-9-20)18-17(21)16-6-2-5-15(12-16)13-19-7-10-22-11-8-19/h2,5-6,12,14,20H,3-4,7-11,13H2,1H3,(H,18,21). The van der Waals surface area contributed by atoms with Crippen molar-refractivity contribution in [3.63, 3.8) is 0 Å². The van der Waals surface area contributed by atoms with Crippen molar-refractivity contribution in [2.75, 3.05) is 32.9 Å². The molecule has 0 saturated carbocycles. The molecule has 0 aromatic heterocycles. The van der Waals surface area contributed by atoms with Gasteiger partial charge in [0.15, 0.2) is 0 Å². The van der Waals surface area contributed by atoms with Gasteiger partial charge in [-0.1, -0.05) is 12.1 Å². The number of nitrogens with zero attached hydrogens (tertiary/aromatic N) is 1. The van der Waals surface area contributed by atoms with Crippen LogP contribution in [-0.2, 0) is 11.3 Å². The molecule has 1 aliphatic rings. The van der Waals surface area contributed by atoms with E-state index in [0.717, 1.165) is 44.8 Å². The molecule has 0 bridgehead atoms. The molecule has 1 atom stereocenters. The molecule has 1 aromatic rings. The molecule has 2 rings (SSSR count). The van der Waals surface area contributed by atoms with Gasteiger partial charge in [0.1, 0.15) is 0 Å². The predicted octanol–water partition coefficient (Wildman–Crippen LogP) is 1.41. The SMILES string of the molecule is CC(CCCO)NC(=O)c1cccc(CN2CCOCC2)c1. The molecule has 0 radical (unpaired) electrons. The molecule has 122 valence electrons. The lowest BCUT2D eigenvalue weighted by Crippen LogP contribution is -2.36. The molecule has 5 heteroatoms. The first kappa shape index (κ1) is 16.9. The van der Waals surface area contributed by atoms with Crippen LogP contribution in [0.1, 0.15) is 35.7 Å². The summed E-state index contributed by atoms with van der Waals surface area (Å²) >= 11 is 0. The van der Waals surface area contributed by atoms with Crippen LogP contribution in [-0.4, -0.2) is 54.9 Å². The number of amides is 1. The second-order valence-corrected chi connectivity index (χ2v) is 5.83. The highest BCUT2D eigenvalue weighted by molar-refractivity contribution is 5.94. The Hall–Kier alpha value is -1.43.